The summed E-state index contributed by atoms with van der Waals surface area (Å²) in [4.78, 5) is 40.1. The average Bonchev–Trinajstić information content (AvgIpc) is 2.59. The number of carbonyl (C=O) groups is 3. The fourth-order valence-corrected chi connectivity index (χ4v) is 3.15. The predicted molar refractivity (Wildman–Crippen MR) is 92.5 cm³/mol. The predicted octanol–water partition coefficient (Wildman–Crippen LogP) is 3.06. The zero-order valence-electron chi connectivity index (χ0n) is 13.8. The number of carbonyl (C=O) groups excluding carboxylic acids is 3. The van der Waals surface area contributed by atoms with Crippen LogP contribution in [0, 0.1) is 17.6 Å². The Morgan fingerprint density at radius 2 is 1.88 bits per heavy atom. The topological polar surface area (TPSA) is 57.7 Å². The van der Waals surface area contributed by atoms with Crippen LogP contribution in [0.3, 0.4) is 0 Å². The normalized spacial score (nSPS) is 16.5. The van der Waals surface area contributed by atoms with Gasteiger partial charge in [0.1, 0.15) is 11.6 Å². The van der Waals surface area contributed by atoms with Crippen molar-refractivity contribution in [2.75, 3.05) is 23.9 Å². The quantitative estimate of drug-likeness (QED) is 0.755. The Bertz CT molecular complexity index is 948. The van der Waals surface area contributed by atoms with Crippen LogP contribution in [-0.4, -0.2) is 31.7 Å². The molecule has 2 aromatic carbocycles. The number of halogens is 3. The van der Waals surface area contributed by atoms with Gasteiger partial charge < -0.3 is 9.80 Å². The first kappa shape index (κ1) is 18.0. The van der Waals surface area contributed by atoms with Crippen LogP contribution < -0.4 is 9.80 Å². The van der Waals surface area contributed by atoms with E-state index in [0.717, 1.165) is 17.0 Å². The summed E-state index contributed by atoms with van der Waals surface area (Å²) in [5.41, 5.74) is 0.111. The van der Waals surface area contributed by atoms with Crippen LogP contribution >= 0.6 is 11.6 Å². The Balaban J connectivity index is 2.03. The third kappa shape index (κ3) is 2.74. The highest BCUT2D eigenvalue weighted by atomic mass is 35.5. The number of Topliss-reactive ketones (excluding diaryl/α,β-unsaturated/α-hetero) is 1. The molecule has 8 heteroatoms. The molecule has 2 amide bonds. The van der Waals surface area contributed by atoms with Crippen molar-refractivity contribution in [1.29, 1.82) is 0 Å². The molecule has 0 spiro atoms. The highest BCUT2D eigenvalue weighted by molar-refractivity contribution is 6.40. The lowest BCUT2D eigenvalue weighted by Gasteiger charge is -2.32. The highest BCUT2D eigenvalue weighted by Crippen LogP contribution is 2.35. The first-order valence-electron chi connectivity index (χ1n) is 7.57. The molecule has 3 rings (SSSR count). The summed E-state index contributed by atoms with van der Waals surface area (Å²) in [5.74, 6) is -5.91. The van der Waals surface area contributed by atoms with Crippen LogP contribution in [0.2, 0.25) is 5.02 Å². The second-order valence-electron chi connectivity index (χ2n) is 5.82. The van der Waals surface area contributed by atoms with Crippen LogP contribution in [0.25, 0.3) is 0 Å². The van der Waals surface area contributed by atoms with E-state index in [1.807, 2.05) is 0 Å². The molecule has 1 atom stereocenters. The van der Waals surface area contributed by atoms with Gasteiger partial charge in [0, 0.05) is 20.2 Å². The molecule has 0 fully saturated rings. The van der Waals surface area contributed by atoms with E-state index in [1.54, 1.807) is 12.1 Å². The largest absolute Gasteiger partial charge is 0.314 e. The molecule has 1 aliphatic heterocycles. The minimum atomic E-state index is -1.69. The van der Waals surface area contributed by atoms with Gasteiger partial charge in [0.25, 0.3) is 0 Å². The molecule has 134 valence electrons. The van der Waals surface area contributed by atoms with Gasteiger partial charge in [0.15, 0.2) is 11.7 Å². The first-order valence-corrected chi connectivity index (χ1v) is 7.94. The summed E-state index contributed by atoms with van der Waals surface area (Å²) < 4.78 is 27.0. The molecule has 0 bridgehead atoms. The van der Waals surface area contributed by atoms with Crippen LogP contribution in [0.1, 0.15) is 10.4 Å². The van der Waals surface area contributed by atoms with E-state index in [2.05, 4.69) is 0 Å². The zero-order chi connectivity index (χ0) is 19.2. The van der Waals surface area contributed by atoms with E-state index in [9.17, 15) is 23.2 Å². The van der Waals surface area contributed by atoms with E-state index in [-0.39, 0.29) is 16.3 Å². The smallest absolute Gasteiger partial charge is 0.247 e. The Hall–Kier alpha value is -2.80. The summed E-state index contributed by atoms with van der Waals surface area (Å²) >= 11 is 6.07. The van der Waals surface area contributed by atoms with Crippen LogP contribution in [0.5, 0.6) is 0 Å². The van der Waals surface area contributed by atoms with Crippen molar-refractivity contribution in [3.63, 3.8) is 0 Å². The van der Waals surface area contributed by atoms with E-state index < -0.39 is 35.1 Å². The maximum Gasteiger partial charge on any atom is 0.247 e. The molecule has 1 heterocycles. The van der Waals surface area contributed by atoms with Gasteiger partial charge >= 0.3 is 0 Å². The zero-order valence-corrected chi connectivity index (χ0v) is 14.6. The van der Waals surface area contributed by atoms with Crippen LogP contribution in [0.4, 0.5) is 20.2 Å². The molecule has 0 aliphatic carbocycles. The number of benzene rings is 2. The Labute approximate surface area is 152 Å². The monoisotopic (exact) mass is 378 g/mol. The Kier molecular flexibility index (Phi) is 4.50. The lowest BCUT2D eigenvalue weighted by Crippen LogP contribution is -2.50. The summed E-state index contributed by atoms with van der Waals surface area (Å²) in [7, 11) is 2.63. The van der Waals surface area contributed by atoms with Crippen molar-refractivity contribution in [1.82, 2.24) is 0 Å². The number of fused-ring (bicyclic) bond motifs is 1. The van der Waals surface area contributed by atoms with Gasteiger partial charge in [-0.3, -0.25) is 14.4 Å². The van der Waals surface area contributed by atoms with Crippen molar-refractivity contribution in [3.05, 3.63) is 58.6 Å². The second kappa shape index (κ2) is 6.49. The molecule has 0 aromatic heterocycles. The fourth-order valence-electron chi connectivity index (χ4n) is 2.89. The average molecular weight is 379 g/mol. The van der Waals surface area contributed by atoms with Crippen molar-refractivity contribution < 1.29 is 23.2 Å². The van der Waals surface area contributed by atoms with Crippen molar-refractivity contribution >= 4 is 40.6 Å². The summed E-state index contributed by atoms with van der Waals surface area (Å²) in [6.45, 7) is 0. The molecule has 1 aliphatic rings. The van der Waals surface area contributed by atoms with Crippen LogP contribution in [0.15, 0.2) is 36.4 Å². The fraction of sp³-hybridized carbons (Fsp3) is 0.167. The summed E-state index contributed by atoms with van der Waals surface area (Å²) in [6.07, 6.45) is 0. The van der Waals surface area contributed by atoms with E-state index >= 15 is 0 Å². The van der Waals surface area contributed by atoms with Crippen molar-refractivity contribution in [2.45, 2.75) is 0 Å². The number of ketones is 1. The van der Waals surface area contributed by atoms with Gasteiger partial charge in [0.05, 0.1) is 22.0 Å². The third-order valence-corrected chi connectivity index (χ3v) is 4.60. The molecule has 0 saturated carbocycles. The molecular formula is C18H13ClF2N2O3. The molecule has 0 saturated heterocycles. The molecule has 26 heavy (non-hydrogen) atoms. The van der Waals surface area contributed by atoms with Gasteiger partial charge in [-0.1, -0.05) is 17.7 Å². The summed E-state index contributed by atoms with van der Waals surface area (Å²) in [6, 6.07) is 7.26. The second-order valence-corrected chi connectivity index (χ2v) is 6.23. The lowest BCUT2D eigenvalue weighted by atomic mass is 9.89. The Morgan fingerprint density at radius 3 is 2.54 bits per heavy atom. The number of hydrogen-bond acceptors (Lipinski definition) is 3. The Morgan fingerprint density at radius 1 is 1.19 bits per heavy atom. The standard InChI is InChI=1S/C18H13ClF2N2O3/c1-22(12-7-6-9(20)8-11(12)21)17(25)15-16(24)14-10(19)4-3-5-13(14)23(2)18(15)26/h3-8,15H,1-2H3. The van der Waals surface area contributed by atoms with Gasteiger partial charge in [0.2, 0.25) is 11.8 Å². The molecule has 2 aromatic rings. The van der Waals surface area contributed by atoms with E-state index in [0.29, 0.717) is 11.8 Å². The maximum atomic E-state index is 14.0. The molecule has 1 unspecified atom stereocenters. The van der Waals surface area contributed by atoms with Gasteiger partial charge in [-0.15, -0.1) is 0 Å². The highest BCUT2D eigenvalue weighted by Gasteiger charge is 2.45. The van der Waals surface area contributed by atoms with Crippen molar-refractivity contribution in [3.8, 4) is 0 Å². The van der Waals surface area contributed by atoms with E-state index in [1.165, 1.54) is 25.1 Å². The minimum Gasteiger partial charge on any atom is -0.314 e. The van der Waals surface area contributed by atoms with Gasteiger partial charge in [-0.25, -0.2) is 8.78 Å². The summed E-state index contributed by atoms with van der Waals surface area (Å²) in [5, 5.41) is 0.111. The molecule has 0 radical (unpaired) electrons. The number of amides is 2. The van der Waals surface area contributed by atoms with E-state index in [4.69, 9.17) is 11.6 Å². The maximum absolute atomic E-state index is 14.0. The number of nitrogens with zero attached hydrogens (tertiary/aromatic N) is 2. The van der Waals surface area contributed by atoms with Crippen LogP contribution in [-0.2, 0) is 9.59 Å². The molecular weight excluding hydrogens is 366 g/mol. The third-order valence-electron chi connectivity index (χ3n) is 4.29. The van der Waals surface area contributed by atoms with Crippen molar-refractivity contribution in [2.24, 2.45) is 5.92 Å². The lowest BCUT2D eigenvalue weighted by molar-refractivity contribution is -0.130. The number of rotatable bonds is 2. The SMILES string of the molecule is CN(C(=O)C1C(=O)c2c(Cl)cccc2N(C)C1=O)c1ccc(F)cc1F. The van der Waals surface area contributed by atoms with Gasteiger partial charge in [-0.05, 0) is 24.3 Å². The number of hydrogen-bond donors (Lipinski definition) is 0. The minimum absolute atomic E-state index is 0.0580. The number of anilines is 2. The molecule has 0 N–H and O–H groups in total. The molecule has 5 nitrogen and oxygen atoms in total. The van der Waals surface area contributed by atoms with Gasteiger partial charge in [-0.2, -0.15) is 0 Å². The first-order chi connectivity index (χ1) is 12.2.